The highest BCUT2D eigenvalue weighted by Gasteiger charge is 2.42. The predicted molar refractivity (Wildman–Crippen MR) is 98.6 cm³/mol. The van der Waals surface area contributed by atoms with Crippen molar-refractivity contribution in [3.8, 4) is 0 Å². The van der Waals surface area contributed by atoms with Crippen molar-refractivity contribution in [2.45, 2.75) is 25.2 Å². The van der Waals surface area contributed by atoms with Gasteiger partial charge in [0.05, 0.1) is 0 Å². The SMILES string of the molecule is CO[Si](C)(Cc1ccccc1)O[Si](C)(Cc1ccccc1)OC. The van der Waals surface area contributed by atoms with Crippen molar-refractivity contribution in [3.05, 3.63) is 71.8 Å². The van der Waals surface area contributed by atoms with Gasteiger partial charge in [0.1, 0.15) is 0 Å². The van der Waals surface area contributed by atoms with Gasteiger partial charge in [0.2, 0.25) is 0 Å². The topological polar surface area (TPSA) is 27.7 Å². The van der Waals surface area contributed by atoms with E-state index in [0.29, 0.717) is 0 Å². The van der Waals surface area contributed by atoms with Crippen LogP contribution in [-0.2, 0) is 25.1 Å². The molecule has 3 nitrogen and oxygen atoms in total. The molecule has 0 N–H and O–H groups in total. The monoisotopic (exact) mass is 346 g/mol. The van der Waals surface area contributed by atoms with Crippen LogP contribution in [0.2, 0.25) is 13.1 Å². The van der Waals surface area contributed by atoms with Crippen LogP contribution in [0.25, 0.3) is 0 Å². The Morgan fingerprint density at radius 3 is 1.30 bits per heavy atom. The van der Waals surface area contributed by atoms with E-state index in [0.717, 1.165) is 12.1 Å². The first-order valence-corrected chi connectivity index (χ1v) is 12.9. The molecular weight excluding hydrogens is 320 g/mol. The van der Waals surface area contributed by atoms with Crippen molar-refractivity contribution >= 4 is 17.1 Å². The van der Waals surface area contributed by atoms with Crippen LogP contribution >= 0.6 is 0 Å². The molecule has 2 unspecified atom stereocenters. The molecule has 0 amide bonds. The predicted octanol–water partition coefficient (Wildman–Crippen LogP) is 4.00. The molecule has 23 heavy (non-hydrogen) atoms. The van der Waals surface area contributed by atoms with E-state index in [4.69, 9.17) is 13.0 Å². The molecular formula is C18H26O3Si2. The third kappa shape index (κ3) is 5.40. The lowest BCUT2D eigenvalue weighted by Gasteiger charge is -2.35. The van der Waals surface area contributed by atoms with Crippen molar-refractivity contribution in [2.24, 2.45) is 0 Å². The summed E-state index contributed by atoms with van der Waals surface area (Å²) in [6.07, 6.45) is 0. The lowest BCUT2D eigenvalue weighted by Crippen LogP contribution is -2.54. The van der Waals surface area contributed by atoms with E-state index in [-0.39, 0.29) is 0 Å². The van der Waals surface area contributed by atoms with Crippen LogP contribution < -0.4 is 0 Å². The van der Waals surface area contributed by atoms with E-state index in [1.807, 2.05) is 12.1 Å². The van der Waals surface area contributed by atoms with Gasteiger partial charge in [0, 0.05) is 26.3 Å². The molecule has 2 atom stereocenters. The van der Waals surface area contributed by atoms with Gasteiger partial charge in [-0.05, 0) is 24.2 Å². The molecule has 0 aromatic heterocycles. The van der Waals surface area contributed by atoms with Gasteiger partial charge in [-0.25, -0.2) is 0 Å². The number of benzene rings is 2. The summed E-state index contributed by atoms with van der Waals surface area (Å²) < 4.78 is 18.3. The molecule has 124 valence electrons. The normalized spacial score (nSPS) is 16.5. The van der Waals surface area contributed by atoms with Gasteiger partial charge < -0.3 is 13.0 Å². The summed E-state index contributed by atoms with van der Waals surface area (Å²) in [5.74, 6) is 0. The Kier molecular flexibility index (Phi) is 6.32. The molecule has 0 saturated carbocycles. The molecule has 0 radical (unpaired) electrons. The van der Waals surface area contributed by atoms with Crippen LogP contribution in [0.3, 0.4) is 0 Å². The third-order valence-electron chi connectivity index (χ3n) is 4.03. The van der Waals surface area contributed by atoms with Crippen LogP contribution in [0.15, 0.2) is 60.7 Å². The molecule has 0 bridgehead atoms. The highest BCUT2D eigenvalue weighted by atomic mass is 28.5. The van der Waals surface area contributed by atoms with E-state index in [1.165, 1.54) is 11.1 Å². The first kappa shape index (κ1) is 18.1. The molecule has 0 spiro atoms. The Morgan fingerprint density at radius 2 is 1.00 bits per heavy atom. The van der Waals surface area contributed by atoms with Crippen LogP contribution in [0, 0.1) is 0 Å². The second kappa shape index (κ2) is 8.03. The number of hydrogen-bond donors (Lipinski definition) is 0. The maximum atomic E-state index is 6.57. The smallest absolute Gasteiger partial charge is 0.330 e. The molecule has 5 heteroatoms. The zero-order valence-electron chi connectivity index (χ0n) is 14.4. The van der Waals surface area contributed by atoms with Gasteiger partial charge in [0.15, 0.2) is 0 Å². The molecule has 2 aromatic carbocycles. The fourth-order valence-electron chi connectivity index (χ4n) is 2.69. The lowest BCUT2D eigenvalue weighted by molar-refractivity contribution is 0.239. The van der Waals surface area contributed by atoms with Gasteiger partial charge in [-0.15, -0.1) is 0 Å². The highest BCUT2D eigenvalue weighted by Crippen LogP contribution is 2.23. The number of rotatable bonds is 8. The van der Waals surface area contributed by atoms with E-state index < -0.39 is 17.1 Å². The van der Waals surface area contributed by atoms with Crippen LogP contribution in [-0.4, -0.2) is 31.3 Å². The quantitative estimate of drug-likeness (QED) is 0.676. The van der Waals surface area contributed by atoms with Gasteiger partial charge in [0.25, 0.3) is 0 Å². The molecule has 0 heterocycles. The van der Waals surface area contributed by atoms with Crippen molar-refractivity contribution < 1.29 is 13.0 Å². The largest absolute Gasteiger partial charge is 0.414 e. The summed E-state index contributed by atoms with van der Waals surface area (Å²) in [7, 11) is -1.17. The maximum absolute atomic E-state index is 6.57. The van der Waals surface area contributed by atoms with Crippen LogP contribution in [0.4, 0.5) is 0 Å². The van der Waals surface area contributed by atoms with Crippen molar-refractivity contribution in [2.75, 3.05) is 14.2 Å². The molecule has 0 fully saturated rings. The molecule has 0 saturated heterocycles. The van der Waals surface area contributed by atoms with Crippen molar-refractivity contribution in [1.29, 1.82) is 0 Å². The first-order chi connectivity index (χ1) is 11.0. The summed E-state index contributed by atoms with van der Waals surface area (Å²) >= 11 is 0. The van der Waals surface area contributed by atoms with Crippen LogP contribution in [0.1, 0.15) is 11.1 Å². The second-order valence-electron chi connectivity index (χ2n) is 6.10. The van der Waals surface area contributed by atoms with Gasteiger partial charge in [-0.2, -0.15) is 0 Å². The standard InChI is InChI=1S/C18H26O3Si2/c1-19-22(3,15-17-11-7-5-8-12-17)21-23(4,20-2)16-18-13-9-6-10-14-18/h5-14H,15-16H2,1-4H3. The number of hydrogen-bond acceptors (Lipinski definition) is 3. The van der Waals surface area contributed by atoms with E-state index in [9.17, 15) is 0 Å². The third-order valence-corrected chi connectivity index (χ3v) is 11.3. The Bertz CT molecular complexity index is 540. The van der Waals surface area contributed by atoms with Gasteiger partial charge in [-0.1, -0.05) is 60.7 Å². The zero-order valence-corrected chi connectivity index (χ0v) is 16.4. The average Bonchev–Trinajstić information content (AvgIpc) is 2.56. The molecule has 2 rings (SSSR count). The van der Waals surface area contributed by atoms with Crippen molar-refractivity contribution in [1.82, 2.24) is 0 Å². The maximum Gasteiger partial charge on any atom is 0.330 e. The molecule has 0 aliphatic carbocycles. The summed E-state index contributed by atoms with van der Waals surface area (Å²) in [5.41, 5.74) is 2.49. The Morgan fingerprint density at radius 1 is 0.652 bits per heavy atom. The average molecular weight is 347 g/mol. The van der Waals surface area contributed by atoms with Crippen LogP contribution in [0.5, 0.6) is 0 Å². The minimum absolute atomic E-state index is 0.824. The molecule has 0 aliphatic heterocycles. The second-order valence-corrected chi connectivity index (χ2v) is 13.0. The zero-order chi connectivity index (χ0) is 16.8. The summed E-state index contributed by atoms with van der Waals surface area (Å²) in [6.45, 7) is 4.24. The fourth-order valence-corrected chi connectivity index (χ4v) is 9.83. The Labute approximate surface area is 141 Å². The summed E-state index contributed by atoms with van der Waals surface area (Å²) in [4.78, 5) is 0. The lowest BCUT2D eigenvalue weighted by atomic mass is 10.2. The Hall–Kier alpha value is -1.25. The van der Waals surface area contributed by atoms with Crippen molar-refractivity contribution in [3.63, 3.8) is 0 Å². The van der Waals surface area contributed by atoms with E-state index >= 15 is 0 Å². The van der Waals surface area contributed by atoms with E-state index in [2.05, 4.69) is 61.6 Å². The molecule has 0 aliphatic rings. The first-order valence-electron chi connectivity index (χ1n) is 7.87. The fraction of sp³-hybridized carbons (Fsp3) is 0.333. The van der Waals surface area contributed by atoms with E-state index in [1.54, 1.807) is 14.2 Å². The van der Waals surface area contributed by atoms with Gasteiger partial charge in [-0.3, -0.25) is 0 Å². The minimum Gasteiger partial charge on any atom is -0.414 e. The summed E-state index contributed by atoms with van der Waals surface area (Å²) in [6, 6.07) is 22.4. The highest BCUT2D eigenvalue weighted by molar-refractivity contribution is 6.79. The summed E-state index contributed by atoms with van der Waals surface area (Å²) in [5, 5.41) is 0. The molecule has 2 aromatic rings. The minimum atomic E-state index is -2.34. The Balaban J connectivity index is 2.13. The van der Waals surface area contributed by atoms with Gasteiger partial charge >= 0.3 is 17.1 Å².